The van der Waals surface area contributed by atoms with Crippen LogP contribution in [-0.4, -0.2) is 15.0 Å². The van der Waals surface area contributed by atoms with Crippen LogP contribution in [-0.2, 0) is 0 Å². The molecule has 80 valence electrons. The van der Waals surface area contributed by atoms with Crippen LogP contribution in [0.25, 0.3) is 22.2 Å². The van der Waals surface area contributed by atoms with Crippen molar-refractivity contribution in [2.45, 2.75) is 6.92 Å². The lowest BCUT2D eigenvalue weighted by atomic mass is 10.1. The minimum Gasteiger partial charge on any atom is -0.360 e. The van der Waals surface area contributed by atoms with Gasteiger partial charge in [0.15, 0.2) is 4.77 Å². The fourth-order valence-electron chi connectivity index (χ4n) is 2.02. The number of aryl methyl sites for hydroxylation is 1. The fraction of sp³-hybridized carbons (Fsp3) is 0.0833. The second-order valence-corrected chi connectivity index (χ2v) is 4.24. The van der Waals surface area contributed by atoms with Crippen molar-refractivity contribution in [2.75, 3.05) is 0 Å². The molecule has 3 nitrogen and oxygen atoms in total. The Morgan fingerprint density at radius 2 is 1.94 bits per heavy atom. The van der Waals surface area contributed by atoms with Crippen molar-refractivity contribution in [3.05, 3.63) is 40.9 Å². The minimum atomic E-state index is 0.665. The maximum atomic E-state index is 5.10. The van der Waals surface area contributed by atoms with E-state index >= 15 is 0 Å². The highest BCUT2D eigenvalue weighted by atomic mass is 32.1. The number of hydrogen-bond donors (Lipinski definition) is 3. The van der Waals surface area contributed by atoms with E-state index in [9.17, 15) is 0 Å². The standard InChI is InChI=1S/C12H11N3S/c1-7-11(15-12(16)14-7)9-6-13-10-5-3-2-4-8(9)10/h2-6,13H,1H3,(H2,14,15,16). The molecular weight excluding hydrogens is 218 g/mol. The first kappa shape index (κ1) is 9.42. The lowest BCUT2D eigenvalue weighted by Crippen LogP contribution is -1.78. The molecule has 16 heavy (non-hydrogen) atoms. The summed E-state index contributed by atoms with van der Waals surface area (Å²) in [6.07, 6.45) is 2.01. The molecule has 0 aliphatic carbocycles. The average molecular weight is 229 g/mol. The van der Waals surface area contributed by atoms with E-state index in [1.54, 1.807) is 0 Å². The summed E-state index contributed by atoms with van der Waals surface area (Å²) in [7, 11) is 0. The van der Waals surface area contributed by atoms with Gasteiger partial charge in [0.25, 0.3) is 0 Å². The molecule has 0 aliphatic heterocycles. The molecule has 0 bridgehead atoms. The van der Waals surface area contributed by atoms with Crippen molar-refractivity contribution in [1.29, 1.82) is 0 Å². The van der Waals surface area contributed by atoms with Crippen LogP contribution in [0, 0.1) is 11.7 Å². The van der Waals surface area contributed by atoms with E-state index in [1.165, 1.54) is 5.39 Å². The Balaban J connectivity index is 2.34. The number of para-hydroxylation sites is 1. The Morgan fingerprint density at radius 1 is 1.12 bits per heavy atom. The number of benzene rings is 1. The molecule has 0 amide bonds. The zero-order valence-corrected chi connectivity index (χ0v) is 9.61. The van der Waals surface area contributed by atoms with Crippen LogP contribution in [0.3, 0.4) is 0 Å². The van der Waals surface area contributed by atoms with Crippen molar-refractivity contribution in [3.8, 4) is 11.3 Å². The zero-order valence-electron chi connectivity index (χ0n) is 8.79. The first-order valence-corrected chi connectivity index (χ1v) is 5.52. The molecule has 0 radical (unpaired) electrons. The van der Waals surface area contributed by atoms with Gasteiger partial charge in [-0.2, -0.15) is 0 Å². The van der Waals surface area contributed by atoms with Gasteiger partial charge in [0.2, 0.25) is 0 Å². The molecule has 3 rings (SSSR count). The minimum absolute atomic E-state index is 0.665. The van der Waals surface area contributed by atoms with Crippen molar-refractivity contribution in [3.63, 3.8) is 0 Å². The van der Waals surface area contributed by atoms with Crippen LogP contribution in [0.1, 0.15) is 5.69 Å². The largest absolute Gasteiger partial charge is 0.360 e. The predicted octanol–water partition coefficient (Wildman–Crippen LogP) is 3.53. The van der Waals surface area contributed by atoms with Gasteiger partial charge < -0.3 is 15.0 Å². The highest BCUT2D eigenvalue weighted by Gasteiger charge is 2.09. The third kappa shape index (κ3) is 1.31. The first-order valence-electron chi connectivity index (χ1n) is 5.11. The molecule has 0 atom stereocenters. The number of H-pyrrole nitrogens is 3. The van der Waals surface area contributed by atoms with E-state index in [1.807, 2.05) is 25.3 Å². The van der Waals surface area contributed by atoms with Crippen molar-refractivity contribution in [2.24, 2.45) is 0 Å². The van der Waals surface area contributed by atoms with Gasteiger partial charge in [0.05, 0.1) is 5.69 Å². The monoisotopic (exact) mass is 229 g/mol. The molecule has 0 unspecified atom stereocenters. The molecule has 0 spiro atoms. The zero-order chi connectivity index (χ0) is 11.1. The summed E-state index contributed by atoms with van der Waals surface area (Å²) in [5.41, 5.74) is 4.41. The second-order valence-electron chi connectivity index (χ2n) is 3.83. The van der Waals surface area contributed by atoms with Crippen LogP contribution in [0.5, 0.6) is 0 Å². The topological polar surface area (TPSA) is 47.4 Å². The quantitative estimate of drug-likeness (QED) is 0.549. The predicted molar refractivity (Wildman–Crippen MR) is 68.0 cm³/mol. The lowest BCUT2D eigenvalue weighted by Gasteiger charge is -1.96. The second kappa shape index (κ2) is 3.35. The van der Waals surface area contributed by atoms with Gasteiger partial charge in [-0.3, -0.25) is 0 Å². The summed E-state index contributed by atoms with van der Waals surface area (Å²) in [6, 6.07) is 8.23. The Bertz CT molecular complexity index is 702. The van der Waals surface area contributed by atoms with E-state index in [-0.39, 0.29) is 0 Å². The molecule has 2 aromatic heterocycles. The molecule has 3 N–H and O–H groups in total. The van der Waals surface area contributed by atoms with E-state index < -0.39 is 0 Å². The Kier molecular flexibility index (Phi) is 1.97. The number of aromatic nitrogens is 3. The van der Waals surface area contributed by atoms with E-state index in [0.717, 1.165) is 22.5 Å². The third-order valence-electron chi connectivity index (χ3n) is 2.77. The van der Waals surface area contributed by atoms with Gasteiger partial charge in [-0.1, -0.05) is 18.2 Å². The summed E-state index contributed by atoms with van der Waals surface area (Å²) in [5.74, 6) is 0. The van der Waals surface area contributed by atoms with E-state index in [4.69, 9.17) is 12.2 Å². The molecule has 1 aromatic carbocycles. The van der Waals surface area contributed by atoms with Gasteiger partial charge in [0, 0.05) is 28.4 Å². The van der Waals surface area contributed by atoms with Crippen LogP contribution < -0.4 is 0 Å². The highest BCUT2D eigenvalue weighted by Crippen LogP contribution is 2.28. The van der Waals surface area contributed by atoms with Crippen LogP contribution in [0.2, 0.25) is 0 Å². The van der Waals surface area contributed by atoms with Crippen LogP contribution in [0.15, 0.2) is 30.5 Å². The molecular formula is C12H11N3S. The first-order chi connectivity index (χ1) is 7.75. The highest BCUT2D eigenvalue weighted by molar-refractivity contribution is 7.71. The summed E-state index contributed by atoms with van der Waals surface area (Å²) in [4.78, 5) is 9.54. The van der Waals surface area contributed by atoms with Crippen molar-refractivity contribution < 1.29 is 0 Å². The van der Waals surface area contributed by atoms with Gasteiger partial charge in [-0.15, -0.1) is 0 Å². The molecule has 2 heterocycles. The number of imidazole rings is 1. The van der Waals surface area contributed by atoms with Crippen LogP contribution in [0.4, 0.5) is 0 Å². The Labute approximate surface area is 97.5 Å². The maximum absolute atomic E-state index is 5.10. The summed E-state index contributed by atoms with van der Waals surface area (Å²) in [6.45, 7) is 2.02. The van der Waals surface area contributed by atoms with Gasteiger partial charge in [-0.25, -0.2) is 0 Å². The molecule has 0 aliphatic rings. The van der Waals surface area contributed by atoms with Crippen molar-refractivity contribution in [1.82, 2.24) is 15.0 Å². The lowest BCUT2D eigenvalue weighted by molar-refractivity contribution is 1.22. The van der Waals surface area contributed by atoms with E-state index in [2.05, 4.69) is 27.1 Å². The fourth-order valence-corrected chi connectivity index (χ4v) is 2.27. The molecule has 0 saturated carbocycles. The molecule has 4 heteroatoms. The number of aromatic amines is 3. The molecule has 3 aromatic rings. The number of rotatable bonds is 1. The average Bonchev–Trinajstić information content (AvgIpc) is 2.81. The summed E-state index contributed by atoms with van der Waals surface area (Å²) in [5, 5.41) is 1.20. The Hall–Kier alpha value is -1.81. The number of nitrogens with one attached hydrogen (secondary N) is 3. The number of fused-ring (bicyclic) bond motifs is 1. The maximum Gasteiger partial charge on any atom is 0.175 e. The molecule has 0 saturated heterocycles. The number of hydrogen-bond acceptors (Lipinski definition) is 1. The summed E-state index contributed by atoms with van der Waals surface area (Å²) >= 11 is 5.10. The van der Waals surface area contributed by atoms with Gasteiger partial charge >= 0.3 is 0 Å². The van der Waals surface area contributed by atoms with E-state index in [0.29, 0.717) is 4.77 Å². The summed E-state index contributed by atoms with van der Waals surface area (Å²) < 4.78 is 0.665. The van der Waals surface area contributed by atoms with Gasteiger partial charge in [-0.05, 0) is 25.2 Å². The third-order valence-corrected chi connectivity index (χ3v) is 2.98. The molecule has 0 fully saturated rings. The normalized spacial score (nSPS) is 11.1. The Morgan fingerprint density at radius 3 is 2.69 bits per heavy atom. The smallest absolute Gasteiger partial charge is 0.175 e. The van der Waals surface area contributed by atoms with Gasteiger partial charge in [0.1, 0.15) is 0 Å². The SMILES string of the molecule is Cc1[nH]c(=S)[nH]c1-c1c[nH]c2ccccc12. The van der Waals surface area contributed by atoms with Crippen LogP contribution >= 0.6 is 12.2 Å². The van der Waals surface area contributed by atoms with Crippen molar-refractivity contribution >= 4 is 23.1 Å².